The molecule has 104 valence electrons. The van der Waals surface area contributed by atoms with Crippen molar-refractivity contribution in [2.75, 3.05) is 0 Å². The van der Waals surface area contributed by atoms with Crippen molar-refractivity contribution in [1.29, 1.82) is 0 Å². The van der Waals surface area contributed by atoms with Crippen molar-refractivity contribution in [3.05, 3.63) is 65.2 Å². The molecule has 3 heteroatoms. The molecular formula is C17H18O2S. The van der Waals surface area contributed by atoms with Gasteiger partial charge in [-0.05, 0) is 38.0 Å². The normalized spacial score (nSPS) is 12.1. The van der Waals surface area contributed by atoms with E-state index in [1.807, 2.05) is 62.4 Å². The second-order valence-electron chi connectivity index (χ2n) is 4.95. The Balaban J connectivity index is 2.09. The zero-order chi connectivity index (χ0) is 14.5. The van der Waals surface area contributed by atoms with Gasteiger partial charge in [0, 0.05) is 4.90 Å². The molecule has 2 aromatic carbocycles. The number of thioether (sulfide) groups is 1. The highest BCUT2D eigenvalue weighted by atomic mass is 32.2. The fourth-order valence-corrected chi connectivity index (χ4v) is 2.90. The van der Waals surface area contributed by atoms with Crippen LogP contribution < -0.4 is 0 Å². The van der Waals surface area contributed by atoms with Crippen LogP contribution in [0.4, 0.5) is 0 Å². The van der Waals surface area contributed by atoms with Gasteiger partial charge in [-0.1, -0.05) is 47.5 Å². The Morgan fingerprint density at radius 1 is 1.00 bits per heavy atom. The number of rotatable bonds is 5. The smallest absolute Gasteiger partial charge is 0.317 e. The summed E-state index contributed by atoms with van der Waals surface area (Å²) in [4.78, 5) is 12.4. The van der Waals surface area contributed by atoms with Crippen LogP contribution >= 0.6 is 11.8 Å². The van der Waals surface area contributed by atoms with Crippen LogP contribution in [0.25, 0.3) is 0 Å². The van der Waals surface area contributed by atoms with E-state index in [-0.39, 0.29) is 0 Å². The minimum Gasteiger partial charge on any atom is -0.480 e. The van der Waals surface area contributed by atoms with Gasteiger partial charge in [-0.25, -0.2) is 0 Å². The average molecular weight is 286 g/mol. The third kappa shape index (κ3) is 4.14. The maximum absolute atomic E-state index is 11.4. The lowest BCUT2D eigenvalue weighted by molar-refractivity contribution is -0.136. The van der Waals surface area contributed by atoms with Crippen LogP contribution in [0.2, 0.25) is 0 Å². The molecule has 0 amide bonds. The summed E-state index contributed by atoms with van der Waals surface area (Å²) in [5.74, 6) is -0.767. The highest BCUT2D eigenvalue weighted by Crippen LogP contribution is 2.26. The largest absolute Gasteiger partial charge is 0.480 e. The van der Waals surface area contributed by atoms with Crippen LogP contribution in [-0.4, -0.2) is 16.3 Å². The average Bonchev–Trinajstić information content (AvgIpc) is 2.42. The summed E-state index contributed by atoms with van der Waals surface area (Å²) < 4.78 is 0. The SMILES string of the molecule is Cc1ccc(CC(Sc2ccc(C)cc2)C(=O)O)cc1. The van der Waals surface area contributed by atoms with Crippen molar-refractivity contribution in [3.8, 4) is 0 Å². The minimum absolute atomic E-state index is 0.458. The molecule has 0 aliphatic carbocycles. The first kappa shape index (κ1) is 14.7. The molecule has 2 rings (SSSR count). The lowest BCUT2D eigenvalue weighted by atomic mass is 10.1. The van der Waals surface area contributed by atoms with Gasteiger partial charge in [-0.15, -0.1) is 11.8 Å². The van der Waals surface area contributed by atoms with Crippen molar-refractivity contribution < 1.29 is 9.90 Å². The van der Waals surface area contributed by atoms with E-state index in [4.69, 9.17) is 0 Å². The maximum atomic E-state index is 11.4. The highest BCUT2D eigenvalue weighted by Gasteiger charge is 2.19. The second kappa shape index (κ2) is 6.62. The van der Waals surface area contributed by atoms with Crippen molar-refractivity contribution in [2.45, 2.75) is 30.4 Å². The van der Waals surface area contributed by atoms with E-state index in [9.17, 15) is 9.90 Å². The predicted molar refractivity (Wildman–Crippen MR) is 83.3 cm³/mol. The fraction of sp³-hybridized carbons (Fsp3) is 0.235. The molecule has 0 aliphatic heterocycles. The standard InChI is InChI=1S/C17H18O2S/c1-12-3-7-14(8-4-12)11-16(17(18)19)20-15-9-5-13(2)6-10-15/h3-10,16H,11H2,1-2H3,(H,18,19). The van der Waals surface area contributed by atoms with Crippen LogP contribution in [0.1, 0.15) is 16.7 Å². The summed E-state index contributed by atoms with van der Waals surface area (Å²) in [7, 11) is 0. The van der Waals surface area contributed by atoms with Gasteiger partial charge in [0.15, 0.2) is 0 Å². The molecule has 0 bridgehead atoms. The predicted octanol–water partition coefficient (Wildman–Crippen LogP) is 4.09. The van der Waals surface area contributed by atoms with Gasteiger partial charge in [0.2, 0.25) is 0 Å². The number of carboxylic acids is 1. The van der Waals surface area contributed by atoms with Gasteiger partial charge < -0.3 is 5.11 Å². The van der Waals surface area contributed by atoms with Gasteiger partial charge in [0.05, 0.1) is 0 Å². The number of hydrogen-bond donors (Lipinski definition) is 1. The van der Waals surface area contributed by atoms with Gasteiger partial charge in [0.1, 0.15) is 5.25 Å². The first-order valence-electron chi connectivity index (χ1n) is 6.56. The van der Waals surface area contributed by atoms with Crippen molar-refractivity contribution >= 4 is 17.7 Å². The summed E-state index contributed by atoms with van der Waals surface area (Å²) in [6, 6.07) is 16.0. The van der Waals surface area contributed by atoms with Crippen LogP contribution in [0.15, 0.2) is 53.4 Å². The molecule has 0 aliphatic rings. The van der Waals surface area contributed by atoms with E-state index in [0.717, 1.165) is 10.5 Å². The molecule has 0 saturated heterocycles. The zero-order valence-electron chi connectivity index (χ0n) is 11.7. The van der Waals surface area contributed by atoms with E-state index >= 15 is 0 Å². The topological polar surface area (TPSA) is 37.3 Å². The van der Waals surface area contributed by atoms with E-state index in [0.29, 0.717) is 6.42 Å². The Bertz CT molecular complexity index is 525. The van der Waals surface area contributed by atoms with Gasteiger partial charge in [-0.2, -0.15) is 0 Å². The highest BCUT2D eigenvalue weighted by molar-refractivity contribution is 8.00. The first-order valence-corrected chi connectivity index (χ1v) is 7.44. The van der Waals surface area contributed by atoms with E-state index in [2.05, 4.69) is 0 Å². The molecule has 0 fully saturated rings. The molecule has 1 atom stereocenters. The van der Waals surface area contributed by atoms with Crippen molar-refractivity contribution in [2.24, 2.45) is 0 Å². The molecule has 2 aromatic rings. The van der Waals surface area contributed by atoms with Crippen molar-refractivity contribution in [1.82, 2.24) is 0 Å². The molecule has 0 aromatic heterocycles. The lowest BCUT2D eigenvalue weighted by Crippen LogP contribution is -2.19. The Morgan fingerprint density at radius 3 is 2.00 bits per heavy atom. The minimum atomic E-state index is -0.767. The molecule has 2 nitrogen and oxygen atoms in total. The third-order valence-corrected chi connectivity index (χ3v) is 4.31. The lowest BCUT2D eigenvalue weighted by Gasteiger charge is -2.12. The van der Waals surface area contributed by atoms with Gasteiger partial charge in [0.25, 0.3) is 0 Å². The van der Waals surface area contributed by atoms with Crippen LogP contribution in [0.5, 0.6) is 0 Å². The van der Waals surface area contributed by atoms with E-state index in [1.165, 1.54) is 22.9 Å². The first-order chi connectivity index (χ1) is 9.54. The zero-order valence-corrected chi connectivity index (χ0v) is 12.5. The third-order valence-electron chi connectivity index (χ3n) is 3.12. The van der Waals surface area contributed by atoms with Gasteiger partial charge in [-0.3, -0.25) is 4.79 Å². The molecule has 0 saturated carbocycles. The molecule has 0 radical (unpaired) electrons. The molecule has 0 heterocycles. The van der Waals surface area contributed by atoms with E-state index < -0.39 is 11.2 Å². The molecule has 0 spiro atoms. The Morgan fingerprint density at radius 2 is 1.50 bits per heavy atom. The summed E-state index contributed by atoms with van der Waals surface area (Å²) in [6.07, 6.45) is 0.536. The van der Waals surface area contributed by atoms with Crippen LogP contribution in [0, 0.1) is 13.8 Å². The Kier molecular flexibility index (Phi) is 4.85. The Hall–Kier alpha value is -1.74. The summed E-state index contributed by atoms with van der Waals surface area (Å²) in [6.45, 7) is 4.05. The van der Waals surface area contributed by atoms with Gasteiger partial charge >= 0.3 is 5.97 Å². The Labute approximate surface area is 123 Å². The van der Waals surface area contributed by atoms with E-state index in [1.54, 1.807) is 0 Å². The molecular weight excluding hydrogens is 268 g/mol. The fourth-order valence-electron chi connectivity index (χ4n) is 1.90. The number of aliphatic carboxylic acids is 1. The number of aryl methyl sites for hydroxylation is 2. The number of carbonyl (C=O) groups is 1. The summed E-state index contributed by atoms with van der Waals surface area (Å²) >= 11 is 1.41. The number of hydrogen-bond acceptors (Lipinski definition) is 2. The number of benzene rings is 2. The maximum Gasteiger partial charge on any atom is 0.317 e. The quantitative estimate of drug-likeness (QED) is 0.841. The second-order valence-corrected chi connectivity index (χ2v) is 6.22. The summed E-state index contributed by atoms with van der Waals surface area (Å²) in [5.41, 5.74) is 3.43. The molecule has 20 heavy (non-hydrogen) atoms. The summed E-state index contributed by atoms with van der Waals surface area (Å²) in [5, 5.41) is 8.93. The van der Waals surface area contributed by atoms with Crippen LogP contribution in [-0.2, 0) is 11.2 Å². The molecule has 1 unspecified atom stereocenters. The van der Waals surface area contributed by atoms with Crippen molar-refractivity contribution in [3.63, 3.8) is 0 Å². The number of carboxylic acid groups (broad SMARTS) is 1. The molecule has 1 N–H and O–H groups in total. The van der Waals surface area contributed by atoms with Crippen LogP contribution in [0.3, 0.4) is 0 Å². The monoisotopic (exact) mass is 286 g/mol.